The summed E-state index contributed by atoms with van der Waals surface area (Å²) in [6.07, 6.45) is 3.01. The molecule has 8 nitrogen and oxygen atoms in total. The van der Waals surface area contributed by atoms with E-state index in [9.17, 15) is 14.4 Å². The fourth-order valence-electron chi connectivity index (χ4n) is 4.12. The van der Waals surface area contributed by atoms with E-state index in [1.807, 2.05) is 31.2 Å². The zero-order chi connectivity index (χ0) is 21.8. The third kappa shape index (κ3) is 5.32. The van der Waals surface area contributed by atoms with Crippen LogP contribution in [-0.2, 0) is 9.59 Å². The first-order valence-electron chi connectivity index (χ1n) is 10.8. The molecular weight excluding hydrogens is 396 g/mol. The van der Waals surface area contributed by atoms with Crippen LogP contribution in [0.15, 0.2) is 40.8 Å². The predicted octanol–water partition coefficient (Wildman–Crippen LogP) is 2.55. The second-order valence-electron chi connectivity index (χ2n) is 8.18. The number of piperidine rings is 1. The molecule has 0 radical (unpaired) electrons. The van der Waals surface area contributed by atoms with Gasteiger partial charge in [-0.25, -0.2) is 0 Å². The molecule has 2 saturated heterocycles. The molecule has 2 aliphatic heterocycles. The number of carbonyl (C=O) groups excluding carboxylic acids is 3. The highest BCUT2D eigenvalue weighted by Crippen LogP contribution is 2.24. The standard InChI is InChI=1S/C23H28N4O4/c1-16-7-8-20(31-16)23(30)25-17-9-12-26(13-10-17)15-21(28)24-18-4-2-5-19(14-18)27-11-3-6-22(27)29/h2,4-5,7-8,14,17H,3,6,9-13,15H2,1H3,(H,24,28)(H,25,30). The third-order valence-corrected chi connectivity index (χ3v) is 5.77. The van der Waals surface area contributed by atoms with Gasteiger partial charge in [-0.15, -0.1) is 0 Å². The summed E-state index contributed by atoms with van der Waals surface area (Å²) >= 11 is 0. The van der Waals surface area contributed by atoms with Crippen molar-refractivity contribution in [2.45, 2.75) is 38.6 Å². The lowest BCUT2D eigenvalue weighted by atomic mass is 10.0. The zero-order valence-electron chi connectivity index (χ0n) is 17.7. The number of benzene rings is 1. The molecule has 4 rings (SSSR count). The van der Waals surface area contributed by atoms with Crippen molar-refractivity contribution in [3.05, 3.63) is 47.9 Å². The first-order chi connectivity index (χ1) is 15.0. The Morgan fingerprint density at radius 3 is 2.61 bits per heavy atom. The molecule has 1 aromatic heterocycles. The van der Waals surface area contributed by atoms with E-state index in [0.717, 1.165) is 44.6 Å². The summed E-state index contributed by atoms with van der Waals surface area (Å²) in [4.78, 5) is 40.5. The molecule has 0 saturated carbocycles. The van der Waals surface area contributed by atoms with E-state index >= 15 is 0 Å². The molecule has 2 N–H and O–H groups in total. The maximum absolute atomic E-state index is 12.5. The van der Waals surface area contributed by atoms with Gasteiger partial charge in [0.15, 0.2) is 5.76 Å². The quantitative estimate of drug-likeness (QED) is 0.743. The summed E-state index contributed by atoms with van der Waals surface area (Å²) in [6, 6.07) is 11.0. The molecule has 3 amide bonds. The van der Waals surface area contributed by atoms with Crippen LogP contribution < -0.4 is 15.5 Å². The van der Waals surface area contributed by atoms with Gasteiger partial charge in [-0.1, -0.05) is 6.07 Å². The van der Waals surface area contributed by atoms with Crippen LogP contribution in [0.25, 0.3) is 0 Å². The lowest BCUT2D eigenvalue weighted by molar-refractivity contribution is -0.118. The highest BCUT2D eigenvalue weighted by atomic mass is 16.3. The van der Waals surface area contributed by atoms with E-state index < -0.39 is 0 Å². The lowest BCUT2D eigenvalue weighted by Gasteiger charge is -2.31. The van der Waals surface area contributed by atoms with E-state index in [2.05, 4.69) is 15.5 Å². The van der Waals surface area contributed by atoms with E-state index in [-0.39, 0.29) is 23.8 Å². The number of nitrogens with one attached hydrogen (secondary N) is 2. The maximum Gasteiger partial charge on any atom is 0.287 e. The van der Waals surface area contributed by atoms with Crippen molar-refractivity contribution in [2.75, 3.05) is 36.4 Å². The Morgan fingerprint density at radius 1 is 1.13 bits per heavy atom. The average molecular weight is 425 g/mol. The van der Waals surface area contributed by atoms with Crippen molar-refractivity contribution < 1.29 is 18.8 Å². The number of furan rings is 1. The molecular formula is C23H28N4O4. The van der Waals surface area contributed by atoms with Gasteiger partial charge in [0.2, 0.25) is 11.8 Å². The van der Waals surface area contributed by atoms with Crippen molar-refractivity contribution in [2.24, 2.45) is 0 Å². The van der Waals surface area contributed by atoms with Crippen molar-refractivity contribution in [1.82, 2.24) is 10.2 Å². The Kier molecular flexibility index (Phi) is 6.36. The number of anilines is 2. The van der Waals surface area contributed by atoms with Gasteiger partial charge in [-0.3, -0.25) is 19.3 Å². The summed E-state index contributed by atoms with van der Waals surface area (Å²) in [5.41, 5.74) is 1.52. The number of hydrogen-bond donors (Lipinski definition) is 2. The van der Waals surface area contributed by atoms with Crippen LogP contribution in [0.4, 0.5) is 11.4 Å². The summed E-state index contributed by atoms with van der Waals surface area (Å²) in [5.74, 6) is 0.889. The average Bonchev–Trinajstić information content (AvgIpc) is 3.38. The third-order valence-electron chi connectivity index (χ3n) is 5.77. The van der Waals surface area contributed by atoms with E-state index in [4.69, 9.17) is 4.42 Å². The number of nitrogens with zero attached hydrogens (tertiary/aromatic N) is 2. The van der Waals surface area contributed by atoms with Gasteiger partial charge in [-0.2, -0.15) is 0 Å². The molecule has 0 spiro atoms. The molecule has 0 aliphatic carbocycles. The largest absolute Gasteiger partial charge is 0.456 e. The zero-order valence-corrected chi connectivity index (χ0v) is 17.7. The highest BCUT2D eigenvalue weighted by molar-refractivity contribution is 5.97. The minimum Gasteiger partial charge on any atom is -0.456 e. The monoisotopic (exact) mass is 424 g/mol. The number of carbonyl (C=O) groups is 3. The number of hydrogen-bond acceptors (Lipinski definition) is 5. The summed E-state index contributed by atoms with van der Waals surface area (Å²) in [6.45, 7) is 4.30. The van der Waals surface area contributed by atoms with Crippen molar-refractivity contribution >= 4 is 29.1 Å². The van der Waals surface area contributed by atoms with E-state index in [1.54, 1.807) is 17.0 Å². The van der Waals surface area contributed by atoms with Crippen LogP contribution in [0.3, 0.4) is 0 Å². The summed E-state index contributed by atoms with van der Waals surface area (Å²) in [7, 11) is 0. The van der Waals surface area contributed by atoms with Crippen LogP contribution >= 0.6 is 0 Å². The topological polar surface area (TPSA) is 94.9 Å². The van der Waals surface area contributed by atoms with Crippen LogP contribution in [0.5, 0.6) is 0 Å². The number of amides is 3. The number of aryl methyl sites for hydroxylation is 1. The van der Waals surface area contributed by atoms with Crippen LogP contribution in [-0.4, -0.2) is 54.8 Å². The Balaban J connectivity index is 1.23. The maximum atomic E-state index is 12.5. The lowest BCUT2D eigenvalue weighted by Crippen LogP contribution is -2.46. The van der Waals surface area contributed by atoms with Gasteiger partial charge < -0.3 is 20.0 Å². The minimum atomic E-state index is -0.194. The minimum absolute atomic E-state index is 0.0758. The normalized spacial score (nSPS) is 17.7. The second-order valence-corrected chi connectivity index (χ2v) is 8.18. The molecule has 31 heavy (non-hydrogen) atoms. The Hall–Kier alpha value is -3.13. The Morgan fingerprint density at radius 2 is 1.94 bits per heavy atom. The molecule has 1 aromatic carbocycles. The van der Waals surface area contributed by atoms with E-state index in [1.165, 1.54) is 0 Å². The molecule has 8 heteroatoms. The van der Waals surface area contributed by atoms with Crippen molar-refractivity contribution in [1.29, 1.82) is 0 Å². The molecule has 0 atom stereocenters. The summed E-state index contributed by atoms with van der Waals surface area (Å²) in [5, 5.41) is 5.94. The van der Waals surface area contributed by atoms with Gasteiger partial charge in [0.05, 0.1) is 6.54 Å². The molecule has 2 aliphatic rings. The molecule has 2 aromatic rings. The molecule has 2 fully saturated rings. The highest BCUT2D eigenvalue weighted by Gasteiger charge is 2.24. The van der Waals surface area contributed by atoms with Crippen LogP contribution in [0.1, 0.15) is 42.0 Å². The predicted molar refractivity (Wildman–Crippen MR) is 117 cm³/mol. The smallest absolute Gasteiger partial charge is 0.287 e. The van der Waals surface area contributed by atoms with Gasteiger partial charge in [-0.05, 0) is 56.5 Å². The first-order valence-corrected chi connectivity index (χ1v) is 10.8. The molecule has 3 heterocycles. The Labute approximate surface area is 181 Å². The van der Waals surface area contributed by atoms with Crippen LogP contribution in [0, 0.1) is 6.92 Å². The van der Waals surface area contributed by atoms with Crippen LogP contribution in [0.2, 0.25) is 0 Å². The summed E-state index contributed by atoms with van der Waals surface area (Å²) < 4.78 is 5.37. The fourth-order valence-corrected chi connectivity index (χ4v) is 4.12. The fraction of sp³-hybridized carbons (Fsp3) is 0.435. The van der Waals surface area contributed by atoms with Gasteiger partial charge in [0.1, 0.15) is 5.76 Å². The van der Waals surface area contributed by atoms with Crippen molar-refractivity contribution in [3.8, 4) is 0 Å². The van der Waals surface area contributed by atoms with Gasteiger partial charge in [0.25, 0.3) is 5.91 Å². The molecule has 164 valence electrons. The van der Waals surface area contributed by atoms with Gasteiger partial charge in [0, 0.05) is 43.5 Å². The Bertz CT molecular complexity index is 962. The molecule has 0 unspecified atom stereocenters. The van der Waals surface area contributed by atoms with E-state index in [0.29, 0.717) is 30.2 Å². The second kappa shape index (κ2) is 9.34. The molecule has 0 bridgehead atoms. The number of likely N-dealkylation sites (tertiary alicyclic amines) is 1. The first kappa shape index (κ1) is 21.1. The van der Waals surface area contributed by atoms with Crippen molar-refractivity contribution in [3.63, 3.8) is 0 Å². The SMILES string of the molecule is Cc1ccc(C(=O)NC2CCN(CC(=O)Nc3cccc(N4CCCC4=O)c3)CC2)o1. The van der Waals surface area contributed by atoms with Gasteiger partial charge >= 0.3 is 0 Å². The number of rotatable bonds is 6.